The van der Waals surface area contributed by atoms with Crippen LogP contribution < -0.4 is 0 Å². The lowest BCUT2D eigenvalue weighted by molar-refractivity contribution is -0.380. The first-order valence-electron chi connectivity index (χ1n) is 23.6. The van der Waals surface area contributed by atoms with Crippen LogP contribution in [0.1, 0.15) is 142 Å². The molecule has 0 aromatic carbocycles. The number of carbonyl (C=O) groups is 2. The number of carboxylic acid groups (broad SMARTS) is 1. The number of aliphatic carboxylic acids is 1. The molecule has 3 aliphatic heterocycles. The van der Waals surface area contributed by atoms with Gasteiger partial charge < -0.3 is 89.3 Å². The van der Waals surface area contributed by atoms with E-state index in [1.165, 1.54) is 0 Å². The van der Waals surface area contributed by atoms with Crippen molar-refractivity contribution in [1.29, 1.82) is 0 Å². The SMILES string of the molecule is CCCCCC(CCCC(O)C(O)CCCCCCCCCCCCCC(O)C(=O)O)OC1OCC(O)C(O)C1OC1OCC(O)C(O)C1OC1OC(COC(C)=O)C(O)C(O)C1O. The molecule has 20 nitrogen and oxygen atoms in total. The molecule has 3 rings (SSSR count). The number of aliphatic hydroxyl groups excluding tert-OH is 10. The minimum absolute atomic E-state index is 0.294. The molecule has 0 spiro atoms. The van der Waals surface area contributed by atoms with Crippen LogP contribution in [-0.2, 0) is 42.7 Å². The fraction of sp³-hybridized carbons (Fsp3) is 0.955. The summed E-state index contributed by atoms with van der Waals surface area (Å²) in [4.78, 5) is 22.1. The normalized spacial score (nSPS) is 33.0. The summed E-state index contributed by atoms with van der Waals surface area (Å²) in [5.74, 6) is -1.87. The molecule has 3 fully saturated rings. The van der Waals surface area contributed by atoms with Crippen LogP contribution in [0.5, 0.6) is 0 Å². The maximum atomic E-state index is 11.4. The van der Waals surface area contributed by atoms with Crippen LogP contribution in [0.25, 0.3) is 0 Å². The fourth-order valence-corrected chi connectivity index (χ4v) is 8.17. The molecule has 0 amide bonds. The zero-order chi connectivity index (χ0) is 47.2. The van der Waals surface area contributed by atoms with E-state index in [9.17, 15) is 60.7 Å². The van der Waals surface area contributed by atoms with Gasteiger partial charge in [0.25, 0.3) is 0 Å². The Morgan fingerprint density at radius 1 is 0.562 bits per heavy atom. The van der Waals surface area contributed by atoms with Crippen molar-refractivity contribution < 1.29 is 98.9 Å². The van der Waals surface area contributed by atoms with Crippen LogP contribution in [0.3, 0.4) is 0 Å². The Labute approximate surface area is 376 Å². The van der Waals surface area contributed by atoms with Gasteiger partial charge in [-0.2, -0.15) is 0 Å². The number of unbranched alkanes of at least 4 members (excludes halogenated alkanes) is 12. The van der Waals surface area contributed by atoms with E-state index < -0.39 is 129 Å². The Bertz CT molecular complexity index is 1270. The van der Waals surface area contributed by atoms with Crippen LogP contribution in [0, 0.1) is 0 Å². The molecule has 0 aromatic heterocycles. The first-order valence-corrected chi connectivity index (χ1v) is 23.6. The van der Waals surface area contributed by atoms with E-state index in [0.29, 0.717) is 44.9 Å². The summed E-state index contributed by atoms with van der Waals surface area (Å²) in [6.07, 6.45) is -7.88. The summed E-state index contributed by atoms with van der Waals surface area (Å²) >= 11 is 0. The average molecular weight is 929 g/mol. The molecule has 0 saturated carbocycles. The van der Waals surface area contributed by atoms with Gasteiger partial charge in [-0.3, -0.25) is 4.79 Å². The second-order valence-electron chi connectivity index (χ2n) is 17.7. The number of ether oxygens (including phenoxy) is 7. The minimum atomic E-state index is -1.88. The molecule has 11 N–H and O–H groups in total. The maximum absolute atomic E-state index is 11.4. The predicted octanol–water partition coefficient (Wildman–Crippen LogP) is 0.658. The smallest absolute Gasteiger partial charge is 0.332 e. The first-order chi connectivity index (χ1) is 30.5. The molecule has 0 aliphatic carbocycles. The number of hydrogen-bond donors (Lipinski definition) is 11. The predicted molar refractivity (Wildman–Crippen MR) is 225 cm³/mol. The van der Waals surface area contributed by atoms with E-state index in [1.54, 1.807) is 0 Å². The molecule has 3 heterocycles. The van der Waals surface area contributed by atoms with E-state index in [4.69, 9.17) is 38.3 Å². The van der Waals surface area contributed by atoms with Crippen molar-refractivity contribution in [3.63, 3.8) is 0 Å². The summed E-state index contributed by atoms with van der Waals surface area (Å²) in [6, 6.07) is 0. The summed E-state index contributed by atoms with van der Waals surface area (Å²) in [6.45, 7) is 1.93. The summed E-state index contributed by atoms with van der Waals surface area (Å²) in [5.41, 5.74) is 0. The molecule has 64 heavy (non-hydrogen) atoms. The van der Waals surface area contributed by atoms with Gasteiger partial charge in [-0.15, -0.1) is 0 Å². The second kappa shape index (κ2) is 30.6. The molecule has 17 unspecified atom stereocenters. The van der Waals surface area contributed by atoms with Gasteiger partial charge in [-0.1, -0.05) is 96.8 Å². The molecule has 3 saturated heterocycles. The van der Waals surface area contributed by atoms with E-state index >= 15 is 0 Å². The van der Waals surface area contributed by atoms with Gasteiger partial charge >= 0.3 is 11.9 Å². The van der Waals surface area contributed by atoms with Gasteiger partial charge in [-0.05, 0) is 38.5 Å². The Hall–Kier alpha value is -1.70. The third-order valence-corrected chi connectivity index (χ3v) is 12.3. The molecular formula is C44H80O20. The van der Waals surface area contributed by atoms with Crippen LogP contribution in [0.2, 0.25) is 0 Å². The van der Waals surface area contributed by atoms with Crippen molar-refractivity contribution in [2.75, 3.05) is 19.8 Å². The Kier molecular flexibility index (Phi) is 27.1. The number of carboxylic acids is 1. The standard InChI is InChI=1S/C44H80O20/c1-3-4-14-18-27(19-17-22-29(47)28(46)20-15-12-10-8-6-5-7-9-11-13-16-21-30(48)41(56)57)61-43-39(34(51)31(49)23-59-43)64-44-40(35(52)32(50)24-60-44)63-42-38(55)37(54)36(53)33(62-42)25-58-26(2)45/h27-40,42-44,46-55H,3-25H2,1-2H3,(H,56,57). The second-order valence-corrected chi connectivity index (χ2v) is 17.7. The topological polar surface area (TPSA) is 321 Å². The van der Waals surface area contributed by atoms with Gasteiger partial charge in [0.05, 0.1) is 31.5 Å². The van der Waals surface area contributed by atoms with E-state index in [1.807, 2.05) is 0 Å². The summed E-state index contributed by atoms with van der Waals surface area (Å²) < 4.78 is 40.3. The zero-order valence-electron chi connectivity index (χ0n) is 37.7. The highest BCUT2D eigenvalue weighted by Gasteiger charge is 2.51. The van der Waals surface area contributed by atoms with Crippen molar-refractivity contribution in [1.82, 2.24) is 0 Å². The lowest BCUT2D eigenvalue weighted by Gasteiger charge is -2.46. The van der Waals surface area contributed by atoms with E-state index in [-0.39, 0.29) is 6.61 Å². The Morgan fingerprint density at radius 3 is 1.58 bits per heavy atom. The van der Waals surface area contributed by atoms with E-state index in [2.05, 4.69) is 6.92 Å². The van der Waals surface area contributed by atoms with Crippen LogP contribution >= 0.6 is 0 Å². The number of esters is 1. The first kappa shape index (κ1) is 56.6. The average Bonchev–Trinajstić information content (AvgIpc) is 3.26. The van der Waals surface area contributed by atoms with Gasteiger partial charge in [0.1, 0.15) is 67.6 Å². The number of carbonyl (C=O) groups excluding carboxylic acids is 1. The van der Waals surface area contributed by atoms with Gasteiger partial charge in [0.15, 0.2) is 25.0 Å². The van der Waals surface area contributed by atoms with Gasteiger partial charge in [0.2, 0.25) is 0 Å². The molecule has 376 valence electrons. The quantitative estimate of drug-likeness (QED) is 0.0326. The Morgan fingerprint density at radius 2 is 1.03 bits per heavy atom. The van der Waals surface area contributed by atoms with Gasteiger partial charge in [-0.25, -0.2) is 4.79 Å². The lowest BCUT2D eigenvalue weighted by atomic mass is 9.98. The highest BCUT2D eigenvalue weighted by molar-refractivity contribution is 5.71. The van der Waals surface area contributed by atoms with Crippen molar-refractivity contribution >= 4 is 11.9 Å². The van der Waals surface area contributed by atoms with Crippen molar-refractivity contribution in [2.24, 2.45) is 0 Å². The molecule has 0 aromatic rings. The molecular weight excluding hydrogens is 848 g/mol. The molecule has 3 aliphatic rings. The van der Waals surface area contributed by atoms with Crippen LogP contribution in [-0.4, -0.2) is 192 Å². The van der Waals surface area contributed by atoms with Crippen molar-refractivity contribution in [3.8, 4) is 0 Å². The van der Waals surface area contributed by atoms with Crippen molar-refractivity contribution in [2.45, 2.75) is 247 Å². The molecule has 0 bridgehead atoms. The molecule has 0 radical (unpaired) electrons. The third-order valence-electron chi connectivity index (χ3n) is 12.3. The summed E-state index contributed by atoms with van der Waals surface area (Å²) in [5, 5.41) is 114. The summed E-state index contributed by atoms with van der Waals surface area (Å²) in [7, 11) is 0. The number of rotatable bonds is 32. The number of hydrogen-bond acceptors (Lipinski definition) is 19. The van der Waals surface area contributed by atoms with Crippen LogP contribution in [0.15, 0.2) is 0 Å². The van der Waals surface area contributed by atoms with Gasteiger partial charge in [0, 0.05) is 6.92 Å². The highest BCUT2D eigenvalue weighted by atomic mass is 16.8. The maximum Gasteiger partial charge on any atom is 0.332 e. The molecule has 17 atom stereocenters. The largest absolute Gasteiger partial charge is 0.479 e. The Balaban J connectivity index is 1.49. The van der Waals surface area contributed by atoms with Crippen LogP contribution in [0.4, 0.5) is 0 Å². The monoisotopic (exact) mass is 929 g/mol. The van der Waals surface area contributed by atoms with E-state index in [0.717, 1.165) is 90.4 Å². The fourth-order valence-electron chi connectivity index (χ4n) is 8.17. The zero-order valence-corrected chi connectivity index (χ0v) is 37.7. The minimum Gasteiger partial charge on any atom is -0.479 e. The molecule has 20 heteroatoms. The third kappa shape index (κ3) is 19.5. The lowest BCUT2D eigenvalue weighted by Crippen LogP contribution is -2.64. The number of aliphatic hydroxyl groups is 10. The highest BCUT2D eigenvalue weighted by Crippen LogP contribution is 2.32. The van der Waals surface area contributed by atoms with Crippen molar-refractivity contribution in [3.05, 3.63) is 0 Å².